The first-order valence-corrected chi connectivity index (χ1v) is 11.9. The van der Waals surface area contributed by atoms with Crippen LogP contribution in [-0.2, 0) is 26.3 Å². The predicted molar refractivity (Wildman–Crippen MR) is 94.6 cm³/mol. The molecule has 3 rings (SSSR count). The van der Waals surface area contributed by atoms with Crippen LogP contribution in [0.2, 0.25) is 0 Å². The third-order valence-electron chi connectivity index (χ3n) is 4.94. The van der Waals surface area contributed by atoms with E-state index in [1.54, 1.807) is 17.0 Å². The van der Waals surface area contributed by atoms with Gasteiger partial charge in [0, 0.05) is 18.7 Å². The smallest absolute Gasteiger partial charge is 0.254 e. The van der Waals surface area contributed by atoms with Gasteiger partial charge < -0.3 is 4.90 Å². The van der Waals surface area contributed by atoms with Crippen LogP contribution in [0.1, 0.15) is 22.8 Å². The Bertz CT molecular complexity index is 895. The van der Waals surface area contributed by atoms with E-state index in [0.29, 0.717) is 12.0 Å². The molecule has 0 N–H and O–H groups in total. The first kappa shape index (κ1) is 18.3. The van der Waals surface area contributed by atoms with E-state index in [0.717, 1.165) is 11.8 Å². The molecule has 2 heterocycles. The molecule has 9 heteroatoms. The van der Waals surface area contributed by atoms with Crippen LogP contribution in [0.25, 0.3) is 0 Å². The van der Waals surface area contributed by atoms with Gasteiger partial charge in [-0.3, -0.25) is 4.79 Å². The van der Waals surface area contributed by atoms with E-state index in [1.807, 2.05) is 19.1 Å². The van der Waals surface area contributed by atoms with Crippen LogP contribution in [0.5, 0.6) is 0 Å². The van der Waals surface area contributed by atoms with Gasteiger partial charge in [-0.25, -0.2) is 16.8 Å². The number of benzene rings is 1. The molecule has 1 amide bonds. The number of piperazine rings is 1. The highest BCUT2D eigenvalue weighted by Crippen LogP contribution is 2.30. The van der Waals surface area contributed by atoms with Crippen LogP contribution in [0, 0.1) is 0 Å². The second-order valence-corrected chi connectivity index (χ2v) is 10.7. The fourth-order valence-corrected chi connectivity index (χ4v) is 6.97. The van der Waals surface area contributed by atoms with Crippen LogP contribution in [-0.4, -0.2) is 74.9 Å². The number of rotatable bonds is 3. The lowest BCUT2D eigenvalue weighted by Crippen LogP contribution is -2.61. The Balaban J connectivity index is 1.97. The molecule has 0 bridgehead atoms. The summed E-state index contributed by atoms with van der Waals surface area (Å²) in [6.07, 6.45) is 1.77. The molecule has 0 aromatic heterocycles. The van der Waals surface area contributed by atoms with Crippen LogP contribution in [0.15, 0.2) is 24.3 Å². The molecule has 0 saturated carbocycles. The number of amides is 1. The Morgan fingerprint density at radius 1 is 1.16 bits per heavy atom. The normalized spacial score (nSPS) is 26.4. The summed E-state index contributed by atoms with van der Waals surface area (Å²) in [7, 11) is -6.91. The lowest BCUT2D eigenvalue weighted by Gasteiger charge is -2.42. The summed E-state index contributed by atoms with van der Waals surface area (Å²) in [5.41, 5.74) is 1.45. The monoisotopic (exact) mass is 386 g/mol. The molecule has 2 fully saturated rings. The van der Waals surface area contributed by atoms with Gasteiger partial charge in [-0.1, -0.05) is 25.1 Å². The van der Waals surface area contributed by atoms with Crippen molar-refractivity contribution in [1.29, 1.82) is 0 Å². The Kier molecular flexibility index (Phi) is 4.67. The predicted octanol–water partition coefficient (Wildman–Crippen LogP) is 0.132. The summed E-state index contributed by atoms with van der Waals surface area (Å²) in [6.45, 7) is 2.27. The number of fused-ring (bicyclic) bond motifs is 1. The van der Waals surface area contributed by atoms with Gasteiger partial charge in [-0.05, 0) is 18.1 Å². The molecule has 25 heavy (non-hydrogen) atoms. The molecule has 0 aliphatic carbocycles. The maximum Gasteiger partial charge on any atom is 0.254 e. The first-order valence-electron chi connectivity index (χ1n) is 8.20. The quantitative estimate of drug-likeness (QED) is 0.736. The Labute approximate surface area is 148 Å². The van der Waals surface area contributed by atoms with Crippen molar-refractivity contribution in [2.75, 3.05) is 30.9 Å². The van der Waals surface area contributed by atoms with E-state index in [9.17, 15) is 21.6 Å². The zero-order chi connectivity index (χ0) is 18.4. The molecule has 1 aromatic carbocycles. The summed E-state index contributed by atoms with van der Waals surface area (Å²) in [4.78, 5) is 14.6. The molecule has 7 nitrogen and oxygen atoms in total. The van der Waals surface area contributed by atoms with Crippen molar-refractivity contribution in [3.05, 3.63) is 35.4 Å². The van der Waals surface area contributed by atoms with Gasteiger partial charge in [0.1, 0.15) is 0 Å². The number of nitrogens with zero attached hydrogens (tertiary/aromatic N) is 2. The summed E-state index contributed by atoms with van der Waals surface area (Å²) < 4.78 is 49.5. The van der Waals surface area contributed by atoms with Gasteiger partial charge in [0.2, 0.25) is 10.0 Å². The van der Waals surface area contributed by atoms with E-state index < -0.39 is 31.9 Å². The molecular weight excluding hydrogens is 364 g/mol. The number of sulfonamides is 1. The van der Waals surface area contributed by atoms with Gasteiger partial charge in [0.05, 0.1) is 29.8 Å². The number of hydrogen-bond acceptors (Lipinski definition) is 5. The highest BCUT2D eigenvalue weighted by molar-refractivity contribution is 7.92. The fourth-order valence-electron chi connectivity index (χ4n) is 3.78. The SMILES string of the molecule is CCc1ccccc1C(=O)N1CCN(S(C)(=O)=O)[C@@H]2CS(=O)(=O)C[C@@H]21. The van der Waals surface area contributed by atoms with Crippen molar-refractivity contribution < 1.29 is 21.6 Å². The number of carbonyl (C=O) groups excluding carboxylic acids is 1. The number of sulfone groups is 1. The van der Waals surface area contributed by atoms with Crippen LogP contribution < -0.4 is 0 Å². The maximum atomic E-state index is 13.1. The highest BCUT2D eigenvalue weighted by atomic mass is 32.2. The Morgan fingerprint density at radius 3 is 2.44 bits per heavy atom. The van der Waals surface area contributed by atoms with Crippen molar-refractivity contribution >= 4 is 25.8 Å². The first-order chi connectivity index (χ1) is 11.6. The summed E-state index contributed by atoms with van der Waals surface area (Å²) in [5, 5.41) is 0. The fraction of sp³-hybridized carbons (Fsp3) is 0.562. The molecule has 2 atom stereocenters. The topological polar surface area (TPSA) is 91.8 Å². The third kappa shape index (κ3) is 3.45. The van der Waals surface area contributed by atoms with Gasteiger partial charge in [-0.2, -0.15) is 4.31 Å². The number of hydrogen-bond donors (Lipinski definition) is 0. The molecule has 0 radical (unpaired) electrons. The van der Waals surface area contributed by atoms with Crippen molar-refractivity contribution in [2.45, 2.75) is 25.4 Å². The minimum Gasteiger partial charge on any atom is -0.332 e. The standard InChI is InChI=1S/C16H22N2O5S2/c1-3-12-6-4-5-7-13(12)16(19)17-8-9-18(24(2,20)21)15-11-25(22,23)10-14(15)17/h4-7,14-15H,3,8-11H2,1-2H3/t14-,15+/m0/s1. The lowest BCUT2D eigenvalue weighted by atomic mass is 10.0. The second kappa shape index (κ2) is 6.37. The molecule has 138 valence electrons. The Hall–Kier alpha value is -1.45. The van der Waals surface area contributed by atoms with Gasteiger partial charge >= 0.3 is 0 Å². The average Bonchev–Trinajstić information content (AvgIpc) is 2.86. The van der Waals surface area contributed by atoms with E-state index in [2.05, 4.69) is 0 Å². The van der Waals surface area contributed by atoms with Gasteiger partial charge in [0.25, 0.3) is 5.91 Å². The van der Waals surface area contributed by atoms with Crippen molar-refractivity contribution in [2.24, 2.45) is 0 Å². The minimum absolute atomic E-state index is 0.121. The van der Waals surface area contributed by atoms with E-state index in [4.69, 9.17) is 0 Å². The number of carbonyl (C=O) groups is 1. The van der Waals surface area contributed by atoms with Crippen LogP contribution in [0.3, 0.4) is 0 Å². The van der Waals surface area contributed by atoms with Gasteiger partial charge in [-0.15, -0.1) is 0 Å². The van der Waals surface area contributed by atoms with Crippen LogP contribution in [0.4, 0.5) is 0 Å². The second-order valence-electron chi connectivity index (χ2n) is 6.59. The van der Waals surface area contributed by atoms with Crippen LogP contribution >= 0.6 is 0 Å². The molecule has 0 spiro atoms. The van der Waals surface area contributed by atoms with E-state index in [1.165, 1.54) is 4.31 Å². The Morgan fingerprint density at radius 2 is 1.80 bits per heavy atom. The van der Waals surface area contributed by atoms with Crippen molar-refractivity contribution in [3.8, 4) is 0 Å². The van der Waals surface area contributed by atoms with Gasteiger partial charge in [0.15, 0.2) is 9.84 Å². The molecule has 1 aromatic rings. The van der Waals surface area contributed by atoms with E-state index in [-0.39, 0.29) is 30.5 Å². The largest absolute Gasteiger partial charge is 0.332 e. The molecule has 2 saturated heterocycles. The zero-order valence-corrected chi connectivity index (χ0v) is 15.9. The molecular formula is C16H22N2O5S2. The summed E-state index contributed by atoms with van der Waals surface area (Å²) in [6, 6.07) is 5.92. The summed E-state index contributed by atoms with van der Waals surface area (Å²) >= 11 is 0. The lowest BCUT2D eigenvalue weighted by molar-refractivity contribution is 0.0515. The minimum atomic E-state index is -3.53. The molecule has 0 unspecified atom stereocenters. The van der Waals surface area contributed by atoms with E-state index >= 15 is 0 Å². The van der Waals surface area contributed by atoms with Crippen molar-refractivity contribution in [3.63, 3.8) is 0 Å². The zero-order valence-electron chi connectivity index (χ0n) is 14.3. The highest BCUT2D eigenvalue weighted by Gasteiger charge is 2.50. The van der Waals surface area contributed by atoms with Crippen molar-refractivity contribution in [1.82, 2.24) is 9.21 Å². The maximum absolute atomic E-state index is 13.1. The third-order valence-corrected chi connectivity index (χ3v) is 7.94. The average molecular weight is 386 g/mol. The number of aryl methyl sites for hydroxylation is 1. The molecule has 2 aliphatic heterocycles. The summed E-state index contributed by atoms with van der Waals surface area (Å²) in [5.74, 6) is -0.647. The molecule has 2 aliphatic rings.